The third-order valence-corrected chi connectivity index (χ3v) is 3.13. The van der Waals surface area contributed by atoms with Gasteiger partial charge in [0.2, 0.25) is 11.8 Å². The predicted octanol–water partition coefficient (Wildman–Crippen LogP) is 0.934. The molecule has 0 spiro atoms. The summed E-state index contributed by atoms with van der Waals surface area (Å²) in [5.41, 5.74) is 0. The van der Waals surface area contributed by atoms with Gasteiger partial charge in [-0.25, -0.2) is 0 Å². The standard InChI is InChI=1S/C12H20N2O2/c1-5-7-14-10(8(3)6-2)11(15)13-9(4)12(14)16/h5,8-10H,1,6-7H2,2-4H3,(H,13,15). The first-order valence-electron chi connectivity index (χ1n) is 5.74. The Bertz CT molecular complexity index is 301. The molecule has 4 nitrogen and oxygen atoms in total. The van der Waals surface area contributed by atoms with Crippen molar-refractivity contribution in [3.05, 3.63) is 12.7 Å². The van der Waals surface area contributed by atoms with E-state index >= 15 is 0 Å². The van der Waals surface area contributed by atoms with Gasteiger partial charge in [-0.3, -0.25) is 9.59 Å². The monoisotopic (exact) mass is 224 g/mol. The van der Waals surface area contributed by atoms with Gasteiger partial charge >= 0.3 is 0 Å². The zero-order valence-electron chi connectivity index (χ0n) is 10.2. The Morgan fingerprint density at radius 2 is 2.19 bits per heavy atom. The number of carbonyl (C=O) groups is 2. The van der Waals surface area contributed by atoms with Crippen LogP contribution in [0.2, 0.25) is 0 Å². The van der Waals surface area contributed by atoms with Gasteiger partial charge in [0.25, 0.3) is 0 Å². The minimum absolute atomic E-state index is 0.0233. The number of hydrogen-bond acceptors (Lipinski definition) is 2. The molecular formula is C12H20N2O2. The van der Waals surface area contributed by atoms with E-state index < -0.39 is 6.04 Å². The van der Waals surface area contributed by atoms with E-state index in [-0.39, 0.29) is 23.8 Å². The average molecular weight is 224 g/mol. The van der Waals surface area contributed by atoms with Gasteiger partial charge in [0, 0.05) is 6.54 Å². The summed E-state index contributed by atoms with van der Waals surface area (Å²) in [5, 5.41) is 2.72. The molecule has 0 saturated carbocycles. The van der Waals surface area contributed by atoms with Crippen molar-refractivity contribution in [1.29, 1.82) is 0 Å². The highest BCUT2D eigenvalue weighted by atomic mass is 16.2. The van der Waals surface area contributed by atoms with Crippen LogP contribution in [-0.2, 0) is 9.59 Å². The summed E-state index contributed by atoms with van der Waals surface area (Å²) in [6.45, 7) is 9.79. The second-order valence-corrected chi connectivity index (χ2v) is 4.34. The third-order valence-electron chi connectivity index (χ3n) is 3.13. The number of hydrogen-bond donors (Lipinski definition) is 1. The molecular weight excluding hydrogens is 204 g/mol. The maximum atomic E-state index is 12.0. The number of rotatable bonds is 4. The van der Waals surface area contributed by atoms with Crippen LogP contribution < -0.4 is 5.32 Å². The summed E-state index contributed by atoms with van der Waals surface area (Å²) in [6, 6.07) is -0.778. The Labute approximate surface area is 96.7 Å². The summed E-state index contributed by atoms with van der Waals surface area (Å²) >= 11 is 0. The fraction of sp³-hybridized carbons (Fsp3) is 0.667. The molecule has 3 unspecified atom stereocenters. The second kappa shape index (κ2) is 5.14. The maximum absolute atomic E-state index is 12.0. The van der Waals surface area contributed by atoms with Gasteiger partial charge in [-0.2, -0.15) is 0 Å². The zero-order chi connectivity index (χ0) is 12.3. The van der Waals surface area contributed by atoms with Gasteiger partial charge in [-0.1, -0.05) is 26.3 Å². The fourth-order valence-electron chi connectivity index (χ4n) is 2.02. The quantitative estimate of drug-likeness (QED) is 0.722. The third kappa shape index (κ3) is 2.26. The van der Waals surface area contributed by atoms with Crippen molar-refractivity contribution < 1.29 is 9.59 Å². The van der Waals surface area contributed by atoms with Crippen LogP contribution in [0.1, 0.15) is 27.2 Å². The average Bonchev–Trinajstić information content (AvgIpc) is 2.25. The van der Waals surface area contributed by atoms with Gasteiger partial charge in [-0.05, 0) is 12.8 Å². The van der Waals surface area contributed by atoms with Crippen molar-refractivity contribution in [2.45, 2.75) is 39.3 Å². The molecule has 0 bridgehead atoms. The number of carbonyl (C=O) groups excluding carboxylic acids is 2. The molecule has 1 saturated heterocycles. The van der Waals surface area contributed by atoms with Crippen LogP contribution in [0.4, 0.5) is 0 Å². The van der Waals surface area contributed by atoms with E-state index in [4.69, 9.17) is 0 Å². The largest absolute Gasteiger partial charge is 0.343 e. The molecule has 0 aromatic rings. The molecule has 1 aliphatic heterocycles. The van der Waals surface area contributed by atoms with Crippen LogP contribution in [0, 0.1) is 5.92 Å². The van der Waals surface area contributed by atoms with E-state index in [1.165, 1.54) is 0 Å². The van der Waals surface area contributed by atoms with Gasteiger partial charge in [-0.15, -0.1) is 6.58 Å². The Balaban J connectivity index is 2.95. The summed E-state index contributed by atoms with van der Waals surface area (Å²) in [6.07, 6.45) is 2.53. The van der Waals surface area contributed by atoms with Gasteiger partial charge in [0.15, 0.2) is 0 Å². The SMILES string of the molecule is C=CCN1C(=O)C(C)NC(=O)C1C(C)CC. The summed E-state index contributed by atoms with van der Waals surface area (Å²) < 4.78 is 0. The van der Waals surface area contributed by atoms with Gasteiger partial charge in [0.1, 0.15) is 12.1 Å². The number of nitrogens with one attached hydrogen (secondary N) is 1. The van der Waals surface area contributed by atoms with E-state index in [1.54, 1.807) is 17.9 Å². The van der Waals surface area contributed by atoms with Gasteiger partial charge in [0.05, 0.1) is 0 Å². The molecule has 1 fully saturated rings. The molecule has 16 heavy (non-hydrogen) atoms. The Morgan fingerprint density at radius 1 is 1.56 bits per heavy atom. The van der Waals surface area contributed by atoms with Crippen LogP contribution in [-0.4, -0.2) is 35.3 Å². The van der Waals surface area contributed by atoms with E-state index in [0.29, 0.717) is 6.54 Å². The molecule has 1 N–H and O–H groups in total. The Hall–Kier alpha value is -1.32. The molecule has 2 amide bonds. The molecule has 0 radical (unpaired) electrons. The van der Waals surface area contributed by atoms with E-state index in [9.17, 15) is 9.59 Å². The highest BCUT2D eigenvalue weighted by molar-refractivity contribution is 5.96. The molecule has 90 valence electrons. The minimum atomic E-state index is -0.423. The van der Waals surface area contributed by atoms with Crippen LogP contribution >= 0.6 is 0 Å². The highest BCUT2D eigenvalue weighted by Gasteiger charge is 2.40. The Kier molecular flexibility index (Phi) is 4.10. The van der Waals surface area contributed by atoms with Crippen molar-refractivity contribution in [1.82, 2.24) is 10.2 Å². The number of amides is 2. The number of nitrogens with zero attached hydrogens (tertiary/aromatic N) is 1. The van der Waals surface area contributed by atoms with Crippen LogP contribution in [0.3, 0.4) is 0 Å². The summed E-state index contributed by atoms with van der Waals surface area (Å²) in [5.74, 6) is 0.0875. The lowest BCUT2D eigenvalue weighted by atomic mass is 9.93. The lowest BCUT2D eigenvalue weighted by Gasteiger charge is -2.40. The molecule has 1 aliphatic rings. The van der Waals surface area contributed by atoms with E-state index in [1.807, 2.05) is 13.8 Å². The summed E-state index contributed by atoms with van der Waals surface area (Å²) in [4.78, 5) is 25.5. The van der Waals surface area contributed by atoms with E-state index in [0.717, 1.165) is 6.42 Å². The normalized spacial score (nSPS) is 27.6. The molecule has 3 atom stereocenters. The molecule has 0 aromatic carbocycles. The van der Waals surface area contributed by atoms with E-state index in [2.05, 4.69) is 11.9 Å². The fourth-order valence-corrected chi connectivity index (χ4v) is 2.02. The zero-order valence-corrected chi connectivity index (χ0v) is 10.2. The molecule has 0 aromatic heterocycles. The first kappa shape index (κ1) is 12.7. The van der Waals surface area contributed by atoms with Crippen molar-refractivity contribution in [2.75, 3.05) is 6.54 Å². The first-order chi connectivity index (χ1) is 7.52. The van der Waals surface area contributed by atoms with Crippen LogP contribution in [0.5, 0.6) is 0 Å². The minimum Gasteiger partial charge on any atom is -0.343 e. The van der Waals surface area contributed by atoms with Crippen molar-refractivity contribution >= 4 is 11.8 Å². The smallest absolute Gasteiger partial charge is 0.245 e. The lowest BCUT2D eigenvalue weighted by Crippen LogP contribution is -2.64. The number of piperazine rings is 1. The van der Waals surface area contributed by atoms with Crippen molar-refractivity contribution in [3.63, 3.8) is 0 Å². The summed E-state index contributed by atoms with van der Waals surface area (Å²) in [7, 11) is 0. The molecule has 1 heterocycles. The topological polar surface area (TPSA) is 49.4 Å². The maximum Gasteiger partial charge on any atom is 0.245 e. The predicted molar refractivity (Wildman–Crippen MR) is 62.8 cm³/mol. The highest BCUT2D eigenvalue weighted by Crippen LogP contribution is 2.19. The Morgan fingerprint density at radius 3 is 2.69 bits per heavy atom. The van der Waals surface area contributed by atoms with Crippen molar-refractivity contribution in [3.8, 4) is 0 Å². The van der Waals surface area contributed by atoms with Crippen LogP contribution in [0.15, 0.2) is 12.7 Å². The van der Waals surface area contributed by atoms with Crippen molar-refractivity contribution in [2.24, 2.45) is 5.92 Å². The molecule has 0 aliphatic carbocycles. The van der Waals surface area contributed by atoms with Gasteiger partial charge < -0.3 is 10.2 Å². The first-order valence-corrected chi connectivity index (χ1v) is 5.74. The lowest BCUT2D eigenvalue weighted by molar-refractivity contribution is -0.150. The second-order valence-electron chi connectivity index (χ2n) is 4.34. The molecule has 4 heteroatoms. The molecule has 1 rings (SSSR count). The van der Waals surface area contributed by atoms with Crippen LogP contribution in [0.25, 0.3) is 0 Å².